The van der Waals surface area contributed by atoms with Gasteiger partial charge in [-0.15, -0.1) is 0 Å². The minimum Gasteiger partial charge on any atom is -0.484 e. The Balaban J connectivity index is 2.33. The number of carbonyl (C=O) groups is 1. The lowest BCUT2D eigenvalue weighted by Crippen LogP contribution is -2.30. The minimum absolute atomic E-state index is 0.0688. The first-order chi connectivity index (χ1) is 10.0. The van der Waals surface area contributed by atoms with Gasteiger partial charge >= 0.3 is 0 Å². The van der Waals surface area contributed by atoms with Crippen LogP contribution < -0.4 is 15.4 Å². The highest BCUT2D eigenvalue weighted by Gasteiger charge is 2.05. The maximum Gasteiger partial charge on any atom is 0.257 e. The standard InChI is InChI=1S/C17H28N2O2/c1-5-18-14(4)15-6-8-16(9-7-15)21-12-17(20)19-11-10-13(2)3/h6-9,13-14,18H,5,10-12H2,1-4H3,(H,19,20). The van der Waals surface area contributed by atoms with Crippen LogP contribution in [0.3, 0.4) is 0 Å². The van der Waals surface area contributed by atoms with E-state index in [1.807, 2.05) is 24.3 Å². The van der Waals surface area contributed by atoms with E-state index in [2.05, 4.69) is 38.3 Å². The van der Waals surface area contributed by atoms with Crippen molar-refractivity contribution in [1.82, 2.24) is 10.6 Å². The second-order valence-electron chi connectivity index (χ2n) is 5.67. The number of ether oxygens (including phenoxy) is 1. The Morgan fingerprint density at radius 2 is 1.86 bits per heavy atom. The zero-order valence-electron chi connectivity index (χ0n) is 13.6. The van der Waals surface area contributed by atoms with Crippen molar-refractivity contribution in [3.63, 3.8) is 0 Å². The van der Waals surface area contributed by atoms with Crippen LogP contribution in [0, 0.1) is 5.92 Å². The van der Waals surface area contributed by atoms with E-state index in [0.29, 0.717) is 18.5 Å². The Kier molecular flexibility index (Phi) is 7.83. The Bertz CT molecular complexity index is 415. The fourth-order valence-corrected chi connectivity index (χ4v) is 1.98. The molecule has 0 aliphatic heterocycles. The average Bonchev–Trinajstić information content (AvgIpc) is 2.45. The van der Waals surface area contributed by atoms with E-state index in [4.69, 9.17) is 4.74 Å². The fourth-order valence-electron chi connectivity index (χ4n) is 1.98. The number of benzene rings is 1. The molecule has 1 atom stereocenters. The van der Waals surface area contributed by atoms with E-state index >= 15 is 0 Å². The molecule has 118 valence electrons. The summed E-state index contributed by atoms with van der Waals surface area (Å²) in [6.07, 6.45) is 0.989. The Morgan fingerprint density at radius 1 is 1.19 bits per heavy atom. The molecule has 0 saturated heterocycles. The third-order valence-corrected chi connectivity index (χ3v) is 3.30. The Labute approximate surface area is 128 Å². The summed E-state index contributed by atoms with van der Waals surface area (Å²) in [5, 5.41) is 6.22. The molecule has 2 N–H and O–H groups in total. The van der Waals surface area contributed by atoms with Crippen molar-refractivity contribution in [2.24, 2.45) is 5.92 Å². The quantitative estimate of drug-likeness (QED) is 0.736. The van der Waals surface area contributed by atoms with Gasteiger partial charge in [0.1, 0.15) is 5.75 Å². The Morgan fingerprint density at radius 3 is 2.43 bits per heavy atom. The molecule has 4 nitrogen and oxygen atoms in total. The van der Waals surface area contributed by atoms with Crippen molar-refractivity contribution in [2.75, 3.05) is 19.7 Å². The summed E-state index contributed by atoms with van der Waals surface area (Å²) < 4.78 is 5.49. The maximum absolute atomic E-state index is 11.6. The van der Waals surface area contributed by atoms with Crippen LogP contribution >= 0.6 is 0 Å². The normalized spacial score (nSPS) is 12.2. The smallest absolute Gasteiger partial charge is 0.257 e. The molecule has 0 radical (unpaired) electrons. The largest absolute Gasteiger partial charge is 0.484 e. The second kappa shape index (κ2) is 9.40. The molecule has 21 heavy (non-hydrogen) atoms. The van der Waals surface area contributed by atoms with Crippen LogP contribution in [-0.4, -0.2) is 25.6 Å². The van der Waals surface area contributed by atoms with Crippen LogP contribution in [0.15, 0.2) is 24.3 Å². The third kappa shape index (κ3) is 7.14. The van der Waals surface area contributed by atoms with Gasteiger partial charge in [0.05, 0.1) is 0 Å². The molecule has 1 aromatic rings. The second-order valence-corrected chi connectivity index (χ2v) is 5.67. The number of hydrogen-bond acceptors (Lipinski definition) is 3. The van der Waals surface area contributed by atoms with E-state index in [0.717, 1.165) is 18.7 Å². The molecule has 1 unspecified atom stereocenters. The number of carbonyl (C=O) groups excluding carboxylic acids is 1. The molecule has 0 aromatic heterocycles. The molecule has 0 aliphatic rings. The molecule has 1 aromatic carbocycles. The van der Waals surface area contributed by atoms with Gasteiger partial charge < -0.3 is 15.4 Å². The highest BCUT2D eigenvalue weighted by Crippen LogP contribution is 2.17. The lowest BCUT2D eigenvalue weighted by molar-refractivity contribution is -0.123. The molecule has 0 fully saturated rings. The predicted octanol–water partition coefficient (Wildman–Crippen LogP) is 2.90. The van der Waals surface area contributed by atoms with Crippen molar-refractivity contribution in [2.45, 2.75) is 40.2 Å². The van der Waals surface area contributed by atoms with Crippen LogP contribution in [0.4, 0.5) is 0 Å². The van der Waals surface area contributed by atoms with Crippen molar-refractivity contribution < 1.29 is 9.53 Å². The van der Waals surface area contributed by atoms with Crippen molar-refractivity contribution >= 4 is 5.91 Å². The SMILES string of the molecule is CCNC(C)c1ccc(OCC(=O)NCCC(C)C)cc1. The first-order valence-electron chi connectivity index (χ1n) is 7.75. The predicted molar refractivity (Wildman–Crippen MR) is 86.5 cm³/mol. The van der Waals surface area contributed by atoms with Gasteiger partial charge in [-0.05, 0) is 43.5 Å². The van der Waals surface area contributed by atoms with E-state index in [1.165, 1.54) is 5.56 Å². The van der Waals surface area contributed by atoms with Gasteiger partial charge in [-0.2, -0.15) is 0 Å². The van der Waals surface area contributed by atoms with E-state index in [1.54, 1.807) is 0 Å². The van der Waals surface area contributed by atoms with Crippen LogP contribution in [-0.2, 0) is 4.79 Å². The van der Waals surface area contributed by atoms with Gasteiger partial charge in [0.15, 0.2) is 6.61 Å². The van der Waals surface area contributed by atoms with Crippen LogP contribution in [0.5, 0.6) is 5.75 Å². The summed E-state index contributed by atoms with van der Waals surface area (Å²) in [6.45, 7) is 10.2. The minimum atomic E-state index is -0.0688. The Hall–Kier alpha value is -1.55. The summed E-state index contributed by atoms with van der Waals surface area (Å²) in [7, 11) is 0. The number of amides is 1. The van der Waals surface area contributed by atoms with Gasteiger partial charge in [-0.25, -0.2) is 0 Å². The molecule has 0 aliphatic carbocycles. The summed E-state index contributed by atoms with van der Waals surface area (Å²) in [5.41, 5.74) is 1.21. The molecule has 0 spiro atoms. The molecule has 0 heterocycles. The monoisotopic (exact) mass is 292 g/mol. The van der Waals surface area contributed by atoms with E-state index in [9.17, 15) is 4.79 Å². The fraction of sp³-hybridized carbons (Fsp3) is 0.588. The van der Waals surface area contributed by atoms with Crippen LogP contribution in [0.25, 0.3) is 0 Å². The highest BCUT2D eigenvalue weighted by atomic mass is 16.5. The first-order valence-corrected chi connectivity index (χ1v) is 7.75. The number of hydrogen-bond donors (Lipinski definition) is 2. The van der Waals surface area contributed by atoms with Gasteiger partial charge in [-0.3, -0.25) is 4.79 Å². The van der Waals surface area contributed by atoms with E-state index < -0.39 is 0 Å². The highest BCUT2D eigenvalue weighted by molar-refractivity contribution is 5.77. The average molecular weight is 292 g/mol. The molecule has 1 rings (SSSR count). The van der Waals surface area contributed by atoms with Gasteiger partial charge in [-0.1, -0.05) is 32.9 Å². The zero-order valence-corrected chi connectivity index (χ0v) is 13.6. The molecular formula is C17H28N2O2. The summed E-state index contributed by atoms with van der Waals surface area (Å²) in [6, 6.07) is 8.19. The molecule has 4 heteroatoms. The summed E-state index contributed by atoms with van der Waals surface area (Å²) in [4.78, 5) is 11.6. The van der Waals surface area contributed by atoms with Crippen molar-refractivity contribution in [3.05, 3.63) is 29.8 Å². The first kappa shape index (κ1) is 17.5. The van der Waals surface area contributed by atoms with Gasteiger partial charge in [0.25, 0.3) is 5.91 Å². The molecule has 0 saturated carbocycles. The van der Waals surface area contributed by atoms with Crippen molar-refractivity contribution in [1.29, 1.82) is 0 Å². The molecular weight excluding hydrogens is 264 g/mol. The summed E-state index contributed by atoms with van der Waals surface area (Å²) >= 11 is 0. The number of nitrogens with one attached hydrogen (secondary N) is 2. The molecule has 1 amide bonds. The zero-order chi connectivity index (χ0) is 15.7. The lowest BCUT2D eigenvalue weighted by Gasteiger charge is -2.13. The number of rotatable bonds is 9. The topological polar surface area (TPSA) is 50.4 Å². The van der Waals surface area contributed by atoms with Gasteiger partial charge in [0, 0.05) is 12.6 Å². The lowest BCUT2D eigenvalue weighted by atomic mass is 10.1. The third-order valence-electron chi connectivity index (χ3n) is 3.30. The van der Waals surface area contributed by atoms with Crippen LogP contribution in [0.1, 0.15) is 45.7 Å². The summed E-state index contributed by atoms with van der Waals surface area (Å²) in [5.74, 6) is 1.25. The van der Waals surface area contributed by atoms with Gasteiger partial charge in [0.2, 0.25) is 0 Å². The maximum atomic E-state index is 11.6. The molecule has 0 bridgehead atoms. The van der Waals surface area contributed by atoms with Crippen molar-refractivity contribution in [3.8, 4) is 5.75 Å². The van der Waals surface area contributed by atoms with E-state index in [-0.39, 0.29) is 12.5 Å². The van der Waals surface area contributed by atoms with Crippen LogP contribution in [0.2, 0.25) is 0 Å².